The van der Waals surface area contributed by atoms with Crippen LogP contribution in [-0.4, -0.2) is 30.5 Å². The average molecular weight is 286 g/mol. The predicted molar refractivity (Wildman–Crippen MR) is 66.3 cm³/mol. The molecule has 1 saturated heterocycles. The normalized spacial score (nSPS) is 26.9. The molecule has 1 aromatic rings. The highest BCUT2D eigenvalue weighted by atomic mass is 79.9. The van der Waals surface area contributed by atoms with Gasteiger partial charge in [-0.3, -0.25) is 0 Å². The third-order valence-electron chi connectivity index (χ3n) is 2.89. The number of halogens is 1. The first-order valence-electron chi connectivity index (χ1n) is 5.45. The van der Waals surface area contributed by atoms with Crippen LogP contribution in [0.4, 0.5) is 0 Å². The van der Waals surface area contributed by atoms with Crippen LogP contribution in [0.2, 0.25) is 0 Å². The fourth-order valence-corrected chi connectivity index (χ4v) is 2.57. The highest BCUT2D eigenvalue weighted by Crippen LogP contribution is 2.23. The summed E-state index contributed by atoms with van der Waals surface area (Å²) in [6.45, 7) is 3.10. The molecule has 1 aliphatic rings. The molecule has 88 valence electrons. The van der Waals surface area contributed by atoms with E-state index in [1.807, 2.05) is 18.2 Å². The first-order chi connectivity index (χ1) is 7.68. The summed E-state index contributed by atoms with van der Waals surface area (Å²) in [5.74, 6) is 0. The lowest BCUT2D eigenvalue weighted by molar-refractivity contribution is 0.121. The largest absolute Gasteiger partial charge is 0.389 e. The summed E-state index contributed by atoms with van der Waals surface area (Å²) in [4.78, 5) is 0. The van der Waals surface area contributed by atoms with Gasteiger partial charge in [0.1, 0.15) is 0 Å². The molecule has 1 heterocycles. The maximum atomic E-state index is 9.65. The molecule has 2 N–H and O–H groups in total. The van der Waals surface area contributed by atoms with E-state index in [0.29, 0.717) is 13.2 Å². The molecule has 0 amide bonds. The fraction of sp³-hybridized carbons (Fsp3) is 0.500. The molecule has 0 radical (unpaired) electrons. The standard InChI is InChI=1S/C12H16BrNO2/c1-8(9-4-2-3-5-10(9)13)14-11-6-16-7-12(11)15/h2-5,8,11-12,14-15H,6-7H2,1H3/t8-,11?,12?/m1/s1. The summed E-state index contributed by atoms with van der Waals surface area (Å²) in [7, 11) is 0. The third-order valence-corrected chi connectivity index (χ3v) is 3.61. The Balaban J connectivity index is 2.03. The summed E-state index contributed by atoms with van der Waals surface area (Å²) in [5.41, 5.74) is 1.20. The van der Waals surface area contributed by atoms with Gasteiger partial charge in [-0.05, 0) is 18.6 Å². The smallest absolute Gasteiger partial charge is 0.0948 e. The highest BCUT2D eigenvalue weighted by molar-refractivity contribution is 9.10. The Kier molecular flexibility index (Phi) is 3.97. The number of benzene rings is 1. The zero-order valence-electron chi connectivity index (χ0n) is 9.19. The molecule has 4 heteroatoms. The van der Waals surface area contributed by atoms with Crippen LogP contribution in [0.15, 0.2) is 28.7 Å². The molecule has 2 rings (SSSR count). The Hall–Kier alpha value is -0.420. The Labute approximate surface area is 104 Å². The second-order valence-corrected chi connectivity index (χ2v) is 4.98. The molecule has 3 nitrogen and oxygen atoms in total. The van der Waals surface area contributed by atoms with Gasteiger partial charge in [-0.15, -0.1) is 0 Å². The first kappa shape index (κ1) is 12.0. The van der Waals surface area contributed by atoms with Gasteiger partial charge in [0.05, 0.1) is 25.4 Å². The van der Waals surface area contributed by atoms with Crippen LogP contribution in [0.25, 0.3) is 0 Å². The van der Waals surface area contributed by atoms with Crippen molar-refractivity contribution < 1.29 is 9.84 Å². The van der Waals surface area contributed by atoms with Crippen molar-refractivity contribution in [3.05, 3.63) is 34.3 Å². The number of aliphatic hydroxyl groups is 1. The highest BCUT2D eigenvalue weighted by Gasteiger charge is 2.27. The Morgan fingerprint density at radius 2 is 2.19 bits per heavy atom. The maximum absolute atomic E-state index is 9.65. The summed E-state index contributed by atoms with van der Waals surface area (Å²) < 4.78 is 6.30. The van der Waals surface area contributed by atoms with Crippen LogP contribution < -0.4 is 5.32 Å². The van der Waals surface area contributed by atoms with Crippen molar-refractivity contribution in [2.24, 2.45) is 0 Å². The minimum atomic E-state index is -0.398. The van der Waals surface area contributed by atoms with Gasteiger partial charge in [0.2, 0.25) is 0 Å². The summed E-state index contributed by atoms with van der Waals surface area (Å²) in [5, 5.41) is 13.0. The van der Waals surface area contributed by atoms with Crippen LogP contribution >= 0.6 is 15.9 Å². The summed E-state index contributed by atoms with van der Waals surface area (Å²) in [6.07, 6.45) is -0.398. The monoisotopic (exact) mass is 285 g/mol. The average Bonchev–Trinajstić information content (AvgIpc) is 2.65. The third kappa shape index (κ3) is 2.63. The van der Waals surface area contributed by atoms with Crippen molar-refractivity contribution in [1.82, 2.24) is 5.32 Å². The second-order valence-electron chi connectivity index (χ2n) is 4.12. The van der Waals surface area contributed by atoms with Gasteiger partial charge < -0.3 is 15.2 Å². The molecule has 1 aromatic carbocycles. The quantitative estimate of drug-likeness (QED) is 0.891. The van der Waals surface area contributed by atoms with E-state index in [9.17, 15) is 5.11 Å². The minimum absolute atomic E-state index is 0.0297. The first-order valence-corrected chi connectivity index (χ1v) is 6.24. The molecule has 2 unspecified atom stereocenters. The Morgan fingerprint density at radius 1 is 1.44 bits per heavy atom. The lowest BCUT2D eigenvalue weighted by Crippen LogP contribution is -2.40. The molecule has 0 saturated carbocycles. The van der Waals surface area contributed by atoms with E-state index in [-0.39, 0.29) is 12.1 Å². The fourth-order valence-electron chi connectivity index (χ4n) is 1.94. The van der Waals surface area contributed by atoms with E-state index in [2.05, 4.69) is 34.2 Å². The molecule has 0 bridgehead atoms. The van der Waals surface area contributed by atoms with Crippen LogP contribution in [0, 0.1) is 0 Å². The van der Waals surface area contributed by atoms with Gasteiger partial charge in [0, 0.05) is 10.5 Å². The topological polar surface area (TPSA) is 41.5 Å². The van der Waals surface area contributed by atoms with Crippen LogP contribution in [0.5, 0.6) is 0 Å². The zero-order valence-corrected chi connectivity index (χ0v) is 10.8. The van der Waals surface area contributed by atoms with Crippen molar-refractivity contribution in [2.75, 3.05) is 13.2 Å². The molecular weight excluding hydrogens is 270 g/mol. The summed E-state index contributed by atoms with van der Waals surface area (Å²) >= 11 is 3.53. The molecule has 0 spiro atoms. The van der Waals surface area contributed by atoms with E-state index in [0.717, 1.165) is 4.47 Å². The number of aliphatic hydroxyl groups excluding tert-OH is 1. The number of hydrogen-bond donors (Lipinski definition) is 2. The SMILES string of the molecule is C[C@@H](NC1COCC1O)c1ccccc1Br. The molecular formula is C12H16BrNO2. The number of ether oxygens (including phenoxy) is 1. The molecule has 0 aliphatic carbocycles. The van der Waals surface area contributed by atoms with E-state index < -0.39 is 6.10 Å². The number of nitrogens with one attached hydrogen (secondary N) is 1. The van der Waals surface area contributed by atoms with Gasteiger partial charge in [-0.1, -0.05) is 34.1 Å². The lowest BCUT2D eigenvalue weighted by Gasteiger charge is -2.21. The van der Waals surface area contributed by atoms with Gasteiger partial charge in [0.25, 0.3) is 0 Å². The molecule has 1 fully saturated rings. The molecule has 0 aromatic heterocycles. The van der Waals surface area contributed by atoms with Crippen molar-refractivity contribution >= 4 is 15.9 Å². The van der Waals surface area contributed by atoms with Crippen molar-refractivity contribution in [1.29, 1.82) is 0 Å². The van der Waals surface area contributed by atoms with E-state index in [4.69, 9.17) is 4.74 Å². The van der Waals surface area contributed by atoms with Crippen LogP contribution in [-0.2, 0) is 4.74 Å². The number of hydrogen-bond acceptors (Lipinski definition) is 3. The molecule has 3 atom stereocenters. The number of rotatable bonds is 3. The van der Waals surface area contributed by atoms with Gasteiger partial charge >= 0.3 is 0 Å². The van der Waals surface area contributed by atoms with Crippen molar-refractivity contribution in [3.8, 4) is 0 Å². The van der Waals surface area contributed by atoms with Gasteiger partial charge in [0.15, 0.2) is 0 Å². The lowest BCUT2D eigenvalue weighted by atomic mass is 10.1. The van der Waals surface area contributed by atoms with E-state index >= 15 is 0 Å². The maximum Gasteiger partial charge on any atom is 0.0948 e. The zero-order chi connectivity index (χ0) is 11.5. The van der Waals surface area contributed by atoms with E-state index in [1.165, 1.54) is 5.56 Å². The van der Waals surface area contributed by atoms with Crippen molar-refractivity contribution in [3.63, 3.8) is 0 Å². The molecule has 1 aliphatic heterocycles. The molecule has 16 heavy (non-hydrogen) atoms. The van der Waals surface area contributed by atoms with Crippen LogP contribution in [0.3, 0.4) is 0 Å². The summed E-state index contributed by atoms with van der Waals surface area (Å²) in [6, 6.07) is 8.33. The van der Waals surface area contributed by atoms with Gasteiger partial charge in [-0.2, -0.15) is 0 Å². The van der Waals surface area contributed by atoms with Crippen molar-refractivity contribution in [2.45, 2.75) is 25.1 Å². The Morgan fingerprint density at radius 3 is 2.81 bits per heavy atom. The van der Waals surface area contributed by atoms with Crippen LogP contribution in [0.1, 0.15) is 18.5 Å². The second kappa shape index (κ2) is 5.27. The Bertz CT molecular complexity index is 359. The van der Waals surface area contributed by atoms with Gasteiger partial charge in [-0.25, -0.2) is 0 Å². The predicted octanol–water partition coefficient (Wildman–Crippen LogP) is 1.86. The minimum Gasteiger partial charge on any atom is -0.389 e. The van der Waals surface area contributed by atoms with E-state index in [1.54, 1.807) is 0 Å².